The molecule has 0 heterocycles. The van der Waals surface area contributed by atoms with Gasteiger partial charge in [0.15, 0.2) is 0 Å². The van der Waals surface area contributed by atoms with Gasteiger partial charge >= 0.3 is 11.8 Å². The first kappa shape index (κ1) is 15.8. The summed E-state index contributed by atoms with van der Waals surface area (Å²) in [7, 11) is 0. The molecular formula is C15H11BrFN3O2. The van der Waals surface area contributed by atoms with Crippen molar-refractivity contribution in [1.29, 1.82) is 0 Å². The molecule has 2 amide bonds. The van der Waals surface area contributed by atoms with E-state index in [-0.39, 0.29) is 5.69 Å². The van der Waals surface area contributed by atoms with Crippen LogP contribution in [0.15, 0.2) is 58.1 Å². The van der Waals surface area contributed by atoms with E-state index in [0.29, 0.717) is 4.47 Å². The molecule has 0 saturated heterocycles. The lowest BCUT2D eigenvalue weighted by atomic mass is 10.2. The van der Waals surface area contributed by atoms with Gasteiger partial charge in [0.2, 0.25) is 0 Å². The third-order valence-corrected chi connectivity index (χ3v) is 3.06. The van der Waals surface area contributed by atoms with Crippen molar-refractivity contribution in [3.8, 4) is 0 Å². The highest BCUT2D eigenvalue weighted by Gasteiger charge is 2.15. The van der Waals surface area contributed by atoms with Gasteiger partial charge in [0.05, 0.1) is 11.9 Å². The first-order valence-corrected chi connectivity index (χ1v) is 7.00. The normalized spacial score (nSPS) is 10.5. The molecule has 0 aliphatic heterocycles. The number of benzene rings is 2. The molecule has 0 radical (unpaired) electrons. The van der Waals surface area contributed by atoms with Crippen LogP contribution in [0.5, 0.6) is 0 Å². The maximum Gasteiger partial charge on any atom is 0.329 e. The van der Waals surface area contributed by atoms with Gasteiger partial charge < -0.3 is 5.32 Å². The van der Waals surface area contributed by atoms with E-state index in [1.807, 2.05) is 18.2 Å². The zero-order chi connectivity index (χ0) is 15.9. The summed E-state index contributed by atoms with van der Waals surface area (Å²) >= 11 is 3.10. The van der Waals surface area contributed by atoms with Crippen LogP contribution in [0.4, 0.5) is 10.1 Å². The molecule has 0 aliphatic carbocycles. The minimum absolute atomic E-state index is 0.0876. The van der Waals surface area contributed by atoms with E-state index in [0.717, 1.165) is 5.56 Å². The van der Waals surface area contributed by atoms with Gasteiger partial charge in [0.1, 0.15) is 5.82 Å². The highest BCUT2D eigenvalue weighted by Crippen LogP contribution is 2.19. The Kier molecular flexibility index (Phi) is 5.37. The number of rotatable bonds is 3. The first-order chi connectivity index (χ1) is 10.6. The zero-order valence-electron chi connectivity index (χ0n) is 11.2. The second kappa shape index (κ2) is 7.46. The van der Waals surface area contributed by atoms with E-state index in [2.05, 4.69) is 31.8 Å². The van der Waals surface area contributed by atoms with Gasteiger partial charge in [-0.25, -0.2) is 9.82 Å². The highest BCUT2D eigenvalue weighted by atomic mass is 79.9. The van der Waals surface area contributed by atoms with Crippen molar-refractivity contribution in [2.45, 2.75) is 0 Å². The molecule has 0 fully saturated rings. The first-order valence-electron chi connectivity index (χ1n) is 6.21. The number of carbonyl (C=O) groups excluding carboxylic acids is 2. The standard InChI is InChI=1S/C15H11BrFN3O2/c16-11-6-7-13(12(17)8-11)19-14(21)15(22)20-18-9-10-4-2-1-3-5-10/h1-9H,(H,19,21)(H,20,22)/b18-9+. The Labute approximate surface area is 134 Å². The van der Waals surface area contributed by atoms with Crippen LogP contribution in [0, 0.1) is 5.82 Å². The predicted octanol–water partition coefficient (Wildman–Crippen LogP) is 2.68. The maximum absolute atomic E-state index is 13.5. The lowest BCUT2D eigenvalue weighted by Crippen LogP contribution is -2.32. The Hall–Kier alpha value is -2.54. The number of halogens is 2. The van der Waals surface area contributed by atoms with Crippen molar-refractivity contribution in [3.05, 3.63) is 64.4 Å². The summed E-state index contributed by atoms with van der Waals surface area (Å²) in [6.07, 6.45) is 1.39. The molecule has 0 atom stereocenters. The number of amides is 2. The molecule has 0 aliphatic rings. The number of nitrogens with zero attached hydrogens (tertiary/aromatic N) is 1. The second-order valence-electron chi connectivity index (χ2n) is 4.19. The third kappa shape index (κ3) is 4.49. The molecule has 2 aromatic rings. The van der Waals surface area contributed by atoms with Crippen LogP contribution in [-0.4, -0.2) is 18.0 Å². The lowest BCUT2D eigenvalue weighted by Gasteiger charge is -2.05. The number of hydrazone groups is 1. The fourth-order valence-corrected chi connectivity index (χ4v) is 1.86. The number of carbonyl (C=O) groups is 2. The molecule has 0 saturated carbocycles. The molecule has 2 rings (SSSR count). The molecule has 0 spiro atoms. The van der Waals surface area contributed by atoms with E-state index in [1.54, 1.807) is 18.2 Å². The average molecular weight is 364 g/mol. The van der Waals surface area contributed by atoms with Crippen LogP contribution in [0.3, 0.4) is 0 Å². The monoisotopic (exact) mass is 363 g/mol. The largest absolute Gasteiger partial charge is 0.329 e. The van der Waals surface area contributed by atoms with Gasteiger partial charge in [0.25, 0.3) is 0 Å². The van der Waals surface area contributed by atoms with E-state index >= 15 is 0 Å². The lowest BCUT2D eigenvalue weighted by molar-refractivity contribution is -0.136. The smallest absolute Gasteiger partial charge is 0.315 e. The van der Waals surface area contributed by atoms with Crippen molar-refractivity contribution in [3.63, 3.8) is 0 Å². The van der Waals surface area contributed by atoms with Gasteiger partial charge in [-0.2, -0.15) is 5.10 Å². The van der Waals surface area contributed by atoms with Gasteiger partial charge in [-0.15, -0.1) is 0 Å². The Morgan fingerprint density at radius 1 is 1.09 bits per heavy atom. The summed E-state index contributed by atoms with van der Waals surface area (Å²) < 4.78 is 14.1. The summed E-state index contributed by atoms with van der Waals surface area (Å²) in [6, 6.07) is 13.1. The quantitative estimate of drug-likeness (QED) is 0.500. The van der Waals surface area contributed by atoms with Crippen LogP contribution >= 0.6 is 15.9 Å². The van der Waals surface area contributed by atoms with E-state index in [4.69, 9.17) is 0 Å². The summed E-state index contributed by atoms with van der Waals surface area (Å²) in [6.45, 7) is 0. The number of anilines is 1. The Balaban J connectivity index is 1.92. The molecule has 0 bridgehead atoms. The number of nitrogens with one attached hydrogen (secondary N) is 2. The second-order valence-corrected chi connectivity index (χ2v) is 5.10. The SMILES string of the molecule is O=C(N/N=C/c1ccccc1)C(=O)Nc1ccc(Br)cc1F. The molecule has 5 nitrogen and oxygen atoms in total. The number of hydrogen-bond acceptors (Lipinski definition) is 3. The van der Waals surface area contributed by atoms with Crippen molar-refractivity contribution in [2.24, 2.45) is 5.10 Å². The summed E-state index contributed by atoms with van der Waals surface area (Å²) in [5.74, 6) is -2.65. The summed E-state index contributed by atoms with van der Waals surface area (Å²) in [5, 5.41) is 5.82. The minimum atomic E-state index is -1.01. The predicted molar refractivity (Wildman–Crippen MR) is 84.9 cm³/mol. The average Bonchev–Trinajstić information content (AvgIpc) is 2.51. The van der Waals surface area contributed by atoms with Crippen LogP contribution in [0.2, 0.25) is 0 Å². The Morgan fingerprint density at radius 3 is 2.50 bits per heavy atom. The molecule has 2 N–H and O–H groups in total. The zero-order valence-corrected chi connectivity index (χ0v) is 12.8. The van der Waals surface area contributed by atoms with Crippen molar-refractivity contribution in [2.75, 3.05) is 5.32 Å². The van der Waals surface area contributed by atoms with Gasteiger partial charge in [0, 0.05) is 4.47 Å². The summed E-state index contributed by atoms with van der Waals surface area (Å²) in [4.78, 5) is 23.2. The third-order valence-electron chi connectivity index (χ3n) is 2.56. The fraction of sp³-hybridized carbons (Fsp3) is 0. The topological polar surface area (TPSA) is 70.6 Å². The van der Waals surface area contributed by atoms with E-state index in [1.165, 1.54) is 18.3 Å². The molecule has 0 aromatic heterocycles. The molecule has 0 unspecified atom stereocenters. The van der Waals surface area contributed by atoms with Gasteiger partial charge in [-0.05, 0) is 23.8 Å². The van der Waals surface area contributed by atoms with Crippen molar-refractivity contribution < 1.29 is 14.0 Å². The molecular weight excluding hydrogens is 353 g/mol. The summed E-state index contributed by atoms with van der Waals surface area (Å²) in [5.41, 5.74) is 2.75. The van der Waals surface area contributed by atoms with Gasteiger partial charge in [-0.1, -0.05) is 46.3 Å². The van der Waals surface area contributed by atoms with E-state index in [9.17, 15) is 14.0 Å². The molecule has 2 aromatic carbocycles. The fourth-order valence-electron chi connectivity index (χ4n) is 1.53. The Bertz CT molecular complexity index is 720. The highest BCUT2D eigenvalue weighted by molar-refractivity contribution is 9.10. The molecule has 7 heteroatoms. The van der Waals surface area contributed by atoms with Gasteiger partial charge in [-0.3, -0.25) is 9.59 Å². The minimum Gasteiger partial charge on any atom is -0.315 e. The molecule has 112 valence electrons. The van der Waals surface area contributed by atoms with Crippen molar-refractivity contribution in [1.82, 2.24) is 5.43 Å². The molecule has 22 heavy (non-hydrogen) atoms. The van der Waals surface area contributed by atoms with E-state index < -0.39 is 17.6 Å². The maximum atomic E-state index is 13.5. The number of hydrogen-bond donors (Lipinski definition) is 2. The van der Waals surface area contributed by atoms with Crippen LogP contribution < -0.4 is 10.7 Å². The Morgan fingerprint density at radius 2 is 1.82 bits per heavy atom. The van der Waals surface area contributed by atoms with Crippen LogP contribution in [-0.2, 0) is 9.59 Å². The van der Waals surface area contributed by atoms with Crippen LogP contribution in [0.1, 0.15) is 5.56 Å². The van der Waals surface area contributed by atoms with Crippen LogP contribution in [0.25, 0.3) is 0 Å². The van der Waals surface area contributed by atoms with Crippen molar-refractivity contribution >= 4 is 39.6 Å².